The second-order valence-electron chi connectivity index (χ2n) is 4.82. The van der Waals surface area contributed by atoms with E-state index < -0.39 is 0 Å². The van der Waals surface area contributed by atoms with Crippen LogP contribution in [-0.2, 0) is 11.8 Å². The molecule has 0 aliphatic carbocycles. The summed E-state index contributed by atoms with van der Waals surface area (Å²) in [7, 11) is 0. The first-order valence-electron chi connectivity index (χ1n) is 5.31. The second kappa shape index (κ2) is 3.01. The number of hydrogen-bond donors (Lipinski definition) is 0. The summed E-state index contributed by atoms with van der Waals surface area (Å²) >= 11 is 0. The van der Waals surface area contributed by atoms with Crippen molar-refractivity contribution in [2.24, 2.45) is 0 Å². The van der Waals surface area contributed by atoms with Gasteiger partial charge < -0.3 is 4.74 Å². The van der Waals surface area contributed by atoms with Crippen molar-refractivity contribution in [3.63, 3.8) is 0 Å². The van der Waals surface area contributed by atoms with Gasteiger partial charge in [0.15, 0.2) is 0 Å². The molecule has 0 fully saturated rings. The Balaban J connectivity index is 2.59. The number of hydrogen-bond acceptors (Lipinski definition) is 1. The topological polar surface area (TPSA) is 9.23 Å². The Hall–Kier alpha value is -0.980. The molecule has 0 amide bonds. The van der Waals surface area contributed by atoms with Gasteiger partial charge in [-0.3, -0.25) is 0 Å². The van der Waals surface area contributed by atoms with E-state index in [9.17, 15) is 0 Å². The summed E-state index contributed by atoms with van der Waals surface area (Å²) < 4.78 is 5.74. The average molecular weight is 190 g/mol. The molecule has 1 aliphatic heterocycles. The first-order valence-corrected chi connectivity index (χ1v) is 5.31. The molecule has 1 heterocycles. The van der Waals surface area contributed by atoms with Crippen LogP contribution in [-0.4, -0.2) is 6.61 Å². The Kier molecular flexibility index (Phi) is 2.06. The Morgan fingerprint density at radius 2 is 2.07 bits per heavy atom. The molecule has 0 unspecified atom stereocenters. The van der Waals surface area contributed by atoms with Crippen molar-refractivity contribution in [2.75, 3.05) is 6.61 Å². The maximum Gasteiger partial charge on any atom is 0.126 e. The van der Waals surface area contributed by atoms with Gasteiger partial charge in [-0.15, -0.1) is 0 Å². The molecule has 1 aromatic rings. The molecule has 76 valence electrons. The highest BCUT2D eigenvalue weighted by Crippen LogP contribution is 2.41. The summed E-state index contributed by atoms with van der Waals surface area (Å²) in [6.45, 7) is 9.65. The Morgan fingerprint density at radius 3 is 2.71 bits per heavy atom. The van der Waals surface area contributed by atoms with Gasteiger partial charge in [-0.1, -0.05) is 32.9 Å². The van der Waals surface area contributed by atoms with Crippen LogP contribution >= 0.6 is 0 Å². The van der Waals surface area contributed by atoms with E-state index in [2.05, 4.69) is 39.8 Å². The van der Waals surface area contributed by atoms with E-state index in [-0.39, 0.29) is 5.41 Å². The lowest BCUT2D eigenvalue weighted by atomic mass is 9.85. The normalized spacial score (nSPS) is 17.7. The SMILES string of the molecule is CCc1cc(C)c2c(c1)C(C)(C)CO2. The second-order valence-corrected chi connectivity index (χ2v) is 4.82. The highest BCUT2D eigenvalue weighted by molar-refractivity contribution is 5.50. The van der Waals surface area contributed by atoms with Crippen LogP contribution in [0.2, 0.25) is 0 Å². The lowest BCUT2D eigenvalue weighted by molar-refractivity contribution is 0.290. The van der Waals surface area contributed by atoms with Crippen LogP contribution in [0, 0.1) is 6.92 Å². The van der Waals surface area contributed by atoms with Crippen LogP contribution in [0.4, 0.5) is 0 Å². The van der Waals surface area contributed by atoms with Gasteiger partial charge in [-0.05, 0) is 24.5 Å². The molecule has 1 nitrogen and oxygen atoms in total. The van der Waals surface area contributed by atoms with Gasteiger partial charge in [0.1, 0.15) is 5.75 Å². The van der Waals surface area contributed by atoms with Gasteiger partial charge >= 0.3 is 0 Å². The van der Waals surface area contributed by atoms with E-state index >= 15 is 0 Å². The number of fused-ring (bicyclic) bond motifs is 1. The largest absolute Gasteiger partial charge is 0.492 e. The van der Waals surface area contributed by atoms with E-state index in [0.717, 1.165) is 18.8 Å². The first-order chi connectivity index (χ1) is 6.54. The summed E-state index contributed by atoms with van der Waals surface area (Å²) in [5.74, 6) is 1.12. The fraction of sp³-hybridized carbons (Fsp3) is 0.538. The maximum absolute atomic E-state index is 5.74. The molecule has 0 saturated heterocycles. The van der Waals surface area contributed by atoms with Gasteiger partial charge in [0, 0.05) is 11.0 Å². The molecule has 1 aliphatic rings. The Labute approximate surface area is 86.1 Å². The van der Waals surface area contributed by atoms with Crippen molar-refractivity contribution in [3.8, 4) is 5.75 Å². The summed E-state index contributed by atoms with van der Waals surface area (Å²) in [5.41, 5.74) is 4.27. The number of rotatable bonds is 1. The van der Waals surface area contributed by atoms with E-state index in [1.807, 2.05) is 0 Å². The third kappa shape index (κ3) is 1.31. The van der Waals surface area contributed by atoms with Crippen LogP contribution < -0.4 is 4.74 Å². The summed E-state index contributed by atoms with van der Waals surface area (Å²) in [5, 5.41) is 0. The van der Waals surface area contributed by atoms with Gasteiger partial charge in [0.25, 0.3) is 0 Å². The van der Waals surface area contributed by atoms with E-state index in [4.69, 9.17) is 4.74 Å². The lowest BCUT2D eigenvalue weighted by Gasteiger charge is -2.16. The fourth-order valence-corrected chi connectivity index (χ4v) is 2.08. The van der Waals surface area contributed by atoms with Crippen molar-refractivity contribution >= 4 is 0 Å². The maximum atomic E-state index is 5.74. The minimum atomic E-state index is 0.186. The zero-order chi connectivity index (χ0) is 10.3. The number of ether oxygens (including phenoxy) is 1. The standard InChI is InChI=1S/C13H18O/c1-5-10-6-9(2)12-11(7-10)13(3,4)8-14-12/h6-7H,5,8H2,1-4H3. The van der Waals surface area contributed by atoms with Gasteiger partial charge in [0.2, 0.25) is 0 Å². The highest BCUT2D eigenvalue weighted by Gasteiger charge is 2.32. The molecular weight excluding hydrogens is 172 g/mol. The predicted molar refractivity (Wildman–Crippen MR) is 59.1 cm³/mol. The zero-order valence-corrected chi connectivity index (χ0v) is 9.48. The highest BCUT2D eigenvalue weighted by atomic mass is 16.5. The molecule has 14 heavy (non-hydrogen) atoms. The molecule has 2 rings (SSSR count). The zero-order valence-electron chi connectivity index (χ0n) is 9.48. The summed E-state index contributed by atoms with van der Waals surface area (Å²) in [6, 6.07) is 4.54. The average Bonchev–Trinajstić information content (AvgIpc) is 2.43. The van der Waals surface area contributed by atoms with Crippen molar-refractivity contribution < 1.29 is 4.74 Å². The fourth-order valence-electron chi connectivity index (χ4n) is 2.08. The quantitative estimate of drug-likeness (QED) is 0.660. The van der Waals surface area contributed by atoms with Crippen LogP contribution in [0.25, 0.3) is 0 Å². The summed E-state index contributed by atoms with van der Waals surface area (Å²) in [4.78, 5) is 0. The molecule has 1 heteroatoms. The first kappa shape index (κ1) is 9.57. The molecule has 0 radical (unpaired) electrons. The van der Waals surface area contributed by atoms with Crippen molar-refractivity contribution in [1.29, 1.82) is 0 Å². The minimum absolute atomic E-state index is 0.186. The van der Waals surface area contributed by atoms with Crippen molar-refractivity contribution in [1.82, 2.24) is 0 Å². The van der Waals surface area contributed by atoms with E-state index in [1.54, 1.807) is 0 Å². The van der Waals surface area contributed by atoms with Crippen LogP contribution in [0.1, 0.15) is 37.5 Å². The molecule has 0 saturated carbocycles. The third-order valence-corrected chi connectivity index (χ3v) is 3.05. The predicted octanol–water partition coefficient (Wildman–Crippen LogP) is 3.23. The van der Waals surface area contributed by atoms with Crippen molar-refractivity contribution in [3.05, 3.63) is 28.8 Å². The minimum Gasteiger partial charge on any atom is -0.492 e. The molecular formula is C13H18O. The van der Waals surface area contributed by atoms with E-state index in [0.29, 0.717) is 0 Å². The van der Waals surface area contributed by atoms with Crippen molar-refractivity contribution in [2.45, 2.75) is 39.5 Å². The molecule has 0 N–H and O–H groups in total. The molecule has 0 atom stereocenters. The third-order valence-electron chi connectivity index (χ3n) is 3.05. The lowest BCUT2D eigenvalue weighted by Crippen LogP contribution is -2.18. The Bertz CT molecular complexity index is 364. The Morgan fingerprint density at radius 1 is 1.36 bits per heavy atom. The number of aryl methyl sites for hydroxylation is 2. The molecule has 0 bridgehead atoms. The summed E-state index contributed by atoms with van der Waals surface area (Å²) in [6.07, 6.45) is 1.10. The van der Waals surface area contributed by atoms with Crippen LogP contribution in [0.5, 0.6) is 5.75 Å². The van der Waals surface area contributed by atoms with Crippen LogP contribution in [0.3, 0.4) is 0 Å². The number of benzene rings is 1. The molecule has 0 aromatic heterocycles. The van der Waals surface area contributed by atoms with Gasteiger partial charge in [-0.25, -0.2) is 0 Å². The van der Waals surface area contributed by atoms with Gasteiger partial charge in [-0.2, -0.15) is 0 Å². The van der Waals surface area contributed by atoms with Gasteiger partial charge in [0.05, 0.1) is 6.61 Å². The molecule has 1 aromatic carbocycles. The monoisotopic (exact) mass is 190 g/mol. The van der Waals surface area contributed by atoms with Crippen LogP contribution in [0.15, 0.2) is 12.1 Å². The smallest absolute Gasteiger partial charge is 0.126 e. The molecule has 0 spiro atoms. The van der Waals surface area contributed by atoms with E-state index in [1.165, 1.54) is 16.7 Å².